The molecule has 0 saturated carbocycles. The third kappa shape index (κ3) is 6.48. The molecule has 154 valence electrons. The Hall–Kier alpha value is -3.60. The number of carbonyl (C=O) groups excluding carboxylic acids is 2. The van der Waals surface area contributed by atoms with Crippen molar-refractivity contribution in [1.82, 2.24) is 5.32 Å². The van der Waals surface area contributed by atoms with Crippen LogP contribution in [0.25, 0.3) is 0 Å². The number of hydrogen-bond donors (Lipinski definition) is 1. The van der Waals surface area contributed by atoms with E-state index in [0.29, 0.717) is 0 Å². The molecular formula is C25H25NO4. The quantitative estimate of drug-likeness (QED) is 0.547. The lowest BCUT2D eigenvalue weighted by Crippen LogP contribution is -2.40. The van der Waals surface area contributed by atoms with Gasteiger partial charge in [0, 0.05) is 6.42 Å². The molecule has 0 aromatic heterocycles. The summed E-state index contributed by atoms with van der Waals surface area (Å²) < 4.78 is 10.6. The van der Waals surface area contributed by atoms with Gasteiger partial charge in [-0.1, -0.05) is 91.0 Å². The molecule has 0 aliphatic heterocycles. The zero-order chi connectivity index (χ0) is 21.2. The van der Waals surface area contributed by atoms with E-state index in [9.17, 15) is 9.59 Å². The first kappa shape index (κ1) is 21.1. The number of hydrogen-bond acceptors (Lipinski definition) is 4. The Morgan fingerprint density at radius 1 is 0.800 bits per heavy atom. The number of ether oxygens (including phenoxy) is 2. The zero-order valence-corrected chi connectivity index (χ0v) is 16.9. The molecule has 3 rings (SSSR count). The van der Waals surface area contributed by atoms with Crippen LogP contribution >= 0.6 is 0 Å². The Kier molecular flexibility index (Phi) is 7.61. The van der Waals surface area contributed by atoms with Crippen LogP contribution in [0.1, 0.15) is 29.7 Å². The lowest BCUT2D eigenvalue weighted by Gasteiger charge is -2.21. The van der Waals surface area contributed by atoms with Gasteiger partial charge < -0.3 is 14.8 Å². The first-order chi connectivity index (χ1) is 14.6. The van der Waals surface area contributed by atoms with Crippen molar-refractivity contribution in [3.63, 3.8) is 0 Å². The van der Waals surface area contributed by atoms with Crippen molar-refractivity contribution in [2.24, 2.45) is 0 Å². The van der Waals surface area contributed by atoms with Crippen LogP contribution in [0, 0.1) is 0 Å². The van der Waals surface area contributed by atoms with Gasteiger partial charge in [0.25, 0.3) is 5.91 Å². The monoisotopic (exact) mass is 403 g/mol. The SMILES string of the molecule is C[C@H](NC(=O)[C@H](Cc1ccccc1)OC(=O)OCc1ccccc1)c1ccccc1. The van der Waals surface area contributed by atoms with Crippen molar-refractivity contribution in [2.75, 3.05) is 0 Å². The van der Waals surface area contributed by atoms with E-state index in [2.05, 4.69) is 5.32 Å². The molecular weight excluding hydrogens is 378 g/mol. The van der Waals surface area contributed by atoms with Gasteiger partial charge in [-0.25, -0.2) is 4.79 Å². The van der Waals surface area contributed by atoms with Crippen LogP contribution in [0.3, 0.4) is 0 Å². The first-order valence-electron chi connectivity index (χ1n) is 9.88. The minimum atomic E-state index is -0.998. The van der Waals surface area contributed by atoms with Gasteiger partial charge >= 0.3 is 6.16 Å². The van der Waals surface area contributed by atoms with Crippen LogP contribution in [0.4, 0.5) is 4.79 Å². The molecule has 0 unspecified atom stereocenters. The largest absolute Gasteiger partial charge is 0.509 e. The molecule has 0 spiro atoms. The number of carbonyl (C=O) groups is 2. The molecule has 0 aliphatic rings. The second-order valence-electron chi connectivity index (χ2n) is 6.96. The van der Waals surface area contributed by atoms with Crippen molar-refractivity contribution >= 4 is 12.1 Å². The molecule has 0 saturated heterocycles. The molecule has 0 fully saturated rings. The highest BCUT2D eigenvalue weighted by Gasteiger charge is 2.26. The maximum absolute atomic E-state index is 12.9. The third-order valence-electron chi connectivity index (χ3n) is 4.65. The minimum absolute atomic E-state index is 0.0831. The Morgan fingerprint density at radius 2 is 1.33 bits per heavy atom. The van der Waals surface area contributed by atoms with Crippen molar-refractivity contribution < 1.29 is 19.1 Å². The summed E-state index contributed by atoms with van der Waals surface area (Å²) in [6.07, 6.45) is -1.61. The average Bonchev–Trinajstić information content (AvgIpc) is 2.79. The van der Waals surface area contributed by atoms with Crippen LogP contribution in [0.2, 0.25) is 0 Å². The summed E-state index contributed by atoms with van der Waals surface area (Å²) in [5.74, 6) is -0.369. The number of benzene rings is 3. The molecule has 30 heavy (non-hydrogen) atoms. The van der Waals surface area contributed by atoms with Gasteiger partial charge in [0.05, 0.1) is 6.04 Å². The smallest absolute Gasteiger partial charge is 0.429 e. The van der Waals surface area contributed by atoms with Gasteiger partial charge in [0.1, 0.15) is 6.61 Å². The van der Waals surface area contributed by atoms with Crippen LogP contribution in [0.5, 0.6) is 0 Å². The first-order valence-corrected chi connectivity index (χ1v) is 9.88. The standard InChI is InChI=1S/C25H25NO4/c1-19(22-15-9-4-10-16-22)26-24(27)23(17-20-11-5-2-6-12-20)30-25(28)29-18-21-13-7-3-8-14-21/h2-16,19,23H,17-18H2,1H3,(H,26,27)/t19-,23-/m0/s1. The van der Waals surface area contributed by atoms with E-state index >= 15 is 0 Å². The van der Waals surface area contributed by atoms with Crippen molar-refractivity contribution in [1.29, 1.82) is 0 Å². The van der Waals surface area contributed by atoms with E-state index in [4.69, 9.17) is 9.47 Å². The number of amides is 1. The number of rotatable bonds is 8. The van der Waals surface area contributed by atoms with Crippen LogP contribution < -0.4 is 5.32 Å². The van der Waals surface area contributed by atoms with Gasteiger partial charge in [-0.2, -0.15) is 0 Å². The topological polar surface area (TPSA) is 64.6 Å². The molecule has 0 heterocycles. The molecule has 2 atom stereocenters. The van der Waals surface area contributed by atoms with E-state index < -0.39 is 12.3 Å². The maximum Gasteiger partial charge on any atom is 0.509 e. The fourth-order valence-corrected chi connectivity index (χ4v) is 3.01. The Balaban J connectivity index is 1.64. The Morgan fingerprint density at radius 3 is 1.93 bits per heavy atom. The van der Waals surface area contributed by atoms with E-state index in [1.807, 2.05) is 97.9 Å². The predicted octanol–water partition coefficient (Wildman–Crippen LogP) is 4.83. The summed E-state index contributed by atoms with van der Waals surface area (Å²) in [7, 11) is 0. The molecule has 3 aromatic carbocycles. The molecule has 3 aromatic rings. The number of nitrogens with one attached hydrogen (secondary N) is 1. The summed E-state index contributed by atoms with van der Waals surface area (Å²) in [5, 5.41) is 2.92. The Bertz CT molecular complexity index is 929. The fraction of sp³-hybridized carbons (Fsp3) is 0.200. The highest BCUT2D eigenvalue weighted by Crippen LogP contribution is 2.14. The van der Waals surface area contributed by atoms with Gasteiger partial charge in [0.15, 0.2) is 6.10 Å². The van der Waals surface area contributed by atoms with E-state index in [1.54, 1.807) is 0 Å². The van der Waals surface area contributed by atoms with Crippen molar-refractivity contribution in [3.05, 3.63) is 108 Å². The highest BCUT2D eigenvalue weighted by atomic mass is 16.7. The fourth-order valence-electron chi connectivity index (χ4n) is 3.01. The summed E-state index contributed by atoms with van der Waals surface area (Å²) >= 11 is 0. The van der Waals surface area contributed by atoms with Crippen molar-refractivity contribution in [3.8, 4) is 0 Å². The second kappa shape index (κ2) is 10.8. The lowest BCUT2D eigenvalue weighted by molar-refractivity contribution is -0.131. The average molecular weight is 403 g/mol. The second-order valence-corrected chi connectivity index (χ2v) is 6.96. The van der Waals surface area contributed by atoms with E-state index in [1.165, 1.54) is 0 Å². The normalized spacial score (nSPS) is 12.4. The third-order valence-corrected chi connectivity index (χ3v) is 4.65. The molecule has 0 bridgehead atoms. The van der Waals surface area contributed by atoms with Gasteiger partial charge in [-0.15, -0.1) is 0 Å². The lowest BCUT2D eigenvalue weighted by atomic mass is 10.1. The molecule has 5 nitrogen and oxygen atoms in total. The predicted molar refractivity (Wildman–Crippen MR) is 115 cm³/mol. The minimum Gasteiger partial charge on any atom is -0.429 e. The molecule has 1 amide bonds. The Labute approximate surface area is 176 Å². The van der Waals surface area contributed by atoms with Gasteiger partial charge in [-0.3, -0.25) is 4.79 Å². The molecule has 0 aliphatic carbocycles. The van der Waals surface area contributed by atoms with Crippen LogP contribution in [0.15, 0.2) is 91.0 Å². The zero-order valence-electron chi connectivity index (χ0n) is 16.9. The summed E-state index contributed by atoms with van der Waals surface area (Å²) in [6.45, 7) is 1.97. The highest BCUT2D eigenvalue weighted by molar-refractivity contribution is 5.83. The van der Waals surface area contributed by atoms with Gasteiger partial charge in [-0.05, 0) is 23.6 Å². The van der Waals surface area contributed by atoms with E-state index in [-0.39, 0.29) is 25.0 Å². The summed E-state index contributed by atoms with van der Waals surface area (Å²) in [5.41, 5.74) is 2.70. The van der Waals surface area contributed by atoms with Crippen molar-refractivity contribution in [2.45, 2.75) is 32.1 Å². The summed E-state index contributed by atoms with van der Waals surface area (Å²) in [6, 6.07) is 28.1. The molecule has 0 radical (unpaired) electrons. The van der Waals surface area contributed by atoms with Crippen LogP contribution in [-0.4, -0.2) is 18.2 Å². The van der Waals surface area contributed by atoms with Gasteiger partial charge in [0.2, 0.25) is 0 Å². The maximum atomic E-state index is 12.9. The van der Waals surface area contributed by atoms with E-state index in [0.717, 1.165) is 16.7 Å². The van der Waals surface area contributed by atoms with Crippen LogP contribution in [-0.2, 0) is 27.3 Å². The molecule has 5 heteroatoms. The molecule has 1 N–H and O–H groups in total. The summed E-state index contributed by atoms with van der Waals surface area (Å²) in [4.78, 5) is 25.1.